The van der Waals surface area contributed by atoms with Crippen LogP contribution in [0.15, 0.2) is 30.5 Å². The van der Waals surface area contributed by atoms with Crippen LogP contribution in [0.4, 0.5) is 10.6 Å². The molecule has 1 saturated heterocycles. The van der Waals surface area contributed by atoms with Crippen LogP contribution < -0.4 is 5.32 Å². The summed E-state index contributed by atoms with van der Waals surface area (Å²) in [4.78, 5) is 24.6. The van der Waals surface area contributed by atoms with Gasteiger partial charge in [-0.25, -0.2) is 14.3 Å². The SMILES string of the molecule is O=C(O)C1CN(C(=O)Nc2ccn(-c3ccc(Cl)cc3Cl)n2)CCO1. The fourth-order valence-electron chi connectivity index (χ4n) is 2.36. The summed E-state index contributed by atoms with van der Waals surface area (Å²) in [5, 5.41) is 16.8. The van der Waals surface area contributed by atoms with E-state index < -0.39 is 18.1 Å². The van der Waals surface area contributed by atoms with Crippen molar-refractivity contribution in [3.63, 3.8) is 0 Å². The van der Waals surface area contributed by atoms with Gasteiger partial charge in [0.25, 0.3) is 0 Å². The molecule has 0 bridgehead atoms. The number of aromatic nitrogens is 2. The summed E-state index contributed by atoms with van der Waals surface area (Å²) < 4.78 is 6.60. The van der Waals surface area contributed by atoms with E-state index in [2.05, 4.69) is 10.4 Å². The Balaban J connectivity index is 1.68. The molecule has 8 nitrogen and oxygen atoms in total. The van der Waals surface area contributed by atoms with E-state index in [1.807, 2.05) is 0 Å². The van der Waals surface area contributed by atoms with Crippen molar-refractivity contribution >= 4 is 41.0 Å². The lowest BCUT2D eigenvalue weighted by Crippen LogP contribution is -2.49. The molecule has 1 aliphatic heterocycles. The number of nitrogens with zero attached hydrogens (tertiary/aromatic N) is 3. The highest BCUT2D eigenvalue weighted by Gasteiger charge is 2.29. The van der Waals surface area contributed by atoms with E-state index in [0.717, 1.165) is 0 Å². The van der Waals surface area contributed by atoms with Gasteiger partial charge in [0, 0.05) is 23.8 Å². The Labute approximate surface area is 152 Å². The van der Waals surface area contributed by atoms with Gasteiger partial charge in [0.2, 0.25) is 0 Å². The predicted octanol–water partition coefficient (Wildman–Crippen LogP) is 2.50. The lowest BCUT2D eigenvalue weighted by Gasteiger charge is -2.30. The number of ether oxygens (including phenoxy) is 1. The second-order valence-corrected chi connectivity index (χ2v) is 6.16. The molecule has 0 spiro atoms. The van der Waals surface area contributed by atoms with Gasteiger partial charge in [0.05, 0.1) is 23.9 Å². The first-order valence-electron chi connectivity index (χ1n) is 7.35. The zero-order valence-corrected chi connectivity index (χ0v) is 14.4. The number of hydrogen-bond donors (Lipinski definition) is 2. The number of carbonyl (C=O) groups is 2. The van der Waals surface area contributed by atoms with Gasteiger partial charge in [0.15, 0.2) is 11.9 Å². The Morgan fingerprint density at radius 3 is 2.84 bits per heavy atom. The molecule has 1 aliphatic rings. The number of carboxylic acids is 1. The molecule has 25 heavy (non-hydrogen) atoms. The molecule has 1 unspecified atom stereocenters. The molecule has 1 aromatic heterocycles. The number of amides is 2. The van der Waals surface area contributed by atoms with Crippen LogP contribution in [-0.2, 0) is 9.53 Å². The molecule has 2 amide bonds. The Bertz CT molecular complexity index is 811. The van der Waals surface area contributed by atoms with E-state index in [9.17, 15) is 9.59 Å². The molecule has 1 atom stereocenters. The first-order chi connectivity index (χ1) is 11.9. The van der Waals surface area contributed by atoms with E-state index in [1.165, 1.54) is 9.58 Å². The summed E-state index contributed by atoms with van der Waals surface area (Å²) in [6, 6.07) is 6.16. The highest BCUT2D eigenvalue weighted by molar-refractivity contribution is 6.35. The second-order valence-electron chi connectivity index (χ2n) is 5.32. The van der Waals surface area contributed by atoms with E-state index in [4.69, 9.17) is 33.0 Å². The van der Waals surface area contributed by atoms with Crippen molar-refractivity contribution < 1.29 is 19.4 Å². The number of morpholine rings is 1. The first-order valence-corrected chi connectivity index (χ1v) is 8.11. The zero-order valence-electron chi connectivity index (χ0n) is 12.9. The molecule has 2 heterocycles. The molecule has 132 valence electrons. The van der Waals surface area contributed by atoms with Crippen molar-refractivity contribution in [3.8, 4) is 5.69 Å². The lowest BCUT2D eigenvalue weighted by atomic mass is 10.3. The number of carboxylic acid groups (broad SMARTS) is 1. The molecule has 2 N–H and O–H groups in total. The number of benzene rings is 1. The largest absolute Gasteiger partial charge is 0.479 e. The summed E-state index contributed by atoms with van der Waals surface area (Å²) >= 11 is 12.0. The number of hydrogen-bond acceptors (Lipinski definition) is 4. The minimum Gasteiger partial charge on any atom is -0.479 e. The maximum atomic E-state index is 12.3. The highest BCUT2D eigenvalue weighted by atomic mass is 35.5. The maximum Gasteiger partial charge on any atom is 0.334 e. The molecular formula is C15H14Cl2N4O4. The number of aliphatic carboxylic acids is 1. The van der Waals surface area contributed by atoms with Crippen molar-refractivity contribution in [3.05, 3.63) is 40.5 Å². The third kappa shape index (κ3) is 4.04. The van der Waals surface area contributed by atoms with E-state index in [1.54, 1.807) is 30.5 Å². The van der Waals surface area contributed by atoms with Gasteiger partial charge < -0.3 is 14.7 Å². The fourth-order valence-corrected chi connectivity index (χ4v) is 2.86. The lowest BCUT2D eigenvalue weighted by molar-refractivity contribution is -0.154. The molecule has 1 aromatic carbocycles. The third-order valence-corrected chi connectivity index (χ3v) is 4.15. The van der Waals surface area contributed by atoms with Crippen LogP contribution in [0.5, 0.6) is 0 Å². The van der Waals surface area contributed by atoms with Crippen LogP contribution in [0.1, 0.15) is 0 Å². The number of nitrogens with one attached hydrogen (secondary N) is 1. The molecule has 10 heteroatoms. The van der Waals surface area contributed by atoms with Crippen molar-refractivity contribution in [1.29, 1.82) is 0 Å². The molecule has 3 rings (SSSR count). The van der Waals surface area contributed by atoms with Crippen LogP contribution in [-0.4, -0.2) is 57.6 Å². The second kappa shape index (κ2) is 7.30. The summed E-state index contributed by atoms with van der Waals surface area (Å²) in [6.45, 7) is 0.448. The predicted molar refractivity (Wildman–Crippen MR) is 91.6 cm³/mol. The summed E-state index contributed by atoms with van der Waals surface area (Å²) in [6.07, 6.45) is 0.620. The summed E-state index contributed by atoms with van der Waals surface area (Å²) in [7, 11) is 0. The fraction of sp³-hybridized carbons (Fsp3) is 0.267. The monoisotopic (exact) mass is 384 g/mol. The molecule has 0 radical (unpaired) electrons. The average Bonchev–Trinajstić information content (AvgIpc) is 3.03. The molecule has 2 aromatic rings. The van der Waals surface area contributed by atoms with Crippen molar-refractivity contribution in [2.24, 2.45) is 0 Å². The van der Waals surface area contributed by atoms with Gasteiger partial charge in [-0.3, -0.25) is 5.32 Å². The van der Waals surface area contributed by atoms with Gasteiger partial charge in [-0.15, -0.1) is 5.10 Å². The molecule has 0 saturated carbocycles. The van der Waals surface area contributed by atoms with Crippen LogP contribution >= 0.6 is 23.2 Å². The average molecular weight is 385 g/mol. The van der Waals surface area contributed by atoms with Crippen LogP contribution in [0.2, 0.25) is 10.0 Å². The van der Waals surface area contributed by atoms with Crippen molar-refractivity contribution in [1.82, 2.24) is 14.7 Å². The van der Waals surface area contributed by atoms with Gasteiger partial charge in [-0.2, -0.15) is 0 Å². The Morgan fingerprint density at radius 2 is 2.12 bits per heavy atom. The third-order valence-electron chi connectivity index (χ3n) is 3.61. The first kappa shape index (κ1) is 17.5. The number of halogens is 2. The van der Waals surface area contributed by atoms with Gasteiger partial charge in [-0.1, -0.05) is 23.2 Å². The standard InChI is InChI=1S/C15H14Cl2N4O4/c16-9-1-2-11(10(17)7-9)21-4-3-13(19-21)18-15(24)20-5-6-25-12(8-20)14(22)23/h1-4,7,12H,5-6,8H2,(H,22,23)(H,18,19,24). The Morgan fingerprint density at radius 1 is 1.32 bits per heavy atom. The van der Waals surface area contributed by atoms with Crippen LogP contribution in [0.25, 0.3) is 5.69 Å². The van der Waals surface area contributed by atoms with E-state index in [0.29, 0.717) is 28.1 Å². The maximum absolute atomic E-state index is 12.3. The number of anilines is 1. The molecule has 0 aliphatic carbocycles. The van der Waals surface area contributed by atoms with E-state index >= 15 is 0 Å². The quantitative estimate of drug-likeness (QED) is 0.846. The van der Waals surface area contributed by atoms with Crippen molar-refractivity contribution in [2.75, 3.05) is 25.0 Å². The zero-order chi connectivity index (χ0) is 18.0. The highest BCUT2D eigenvalue weighted by Crippen LogP contribution is 2.24. The number of carbonyl (C=O) groups excluding carboxylic acids is 1. The van der Waals surface area contributed by atoms with Gasteiger partial charge in [0.1, 0.15) is 0 Å². The summed E-state index contributed by atoms with van der Waals surface area (Å²) in [5.74, 6) is -0.784. The minimum absolute atomic E-state index is 0.0229. The molecular weight excluding hydrogens is 371 g/mol. The normalized spacial score (nSPS) is 17.4. The van der Waals surface area contributed by atoms with Gasteiger partial charge >= 0.3 is 12.0 Å². The minimum atomic E-state index is -1.10. The van der Waals surface area contributed by atoms with Crippen LogP contribution in [0, 0.1) is 0 Å². The van der Waals surface area contributed by atoms with E-state index in [-0.39, 0.29) is 13.2 Å². The Kier molecular flexibility index (Phi) is 5.12. The smallest absolute Gasteiger partial charge is 0.334 e. The number of urea groups is 1. The van der Waals surface area contributed by atoms with Crippen molar-refractivity contribution in [2.45, 2.75) is 6.10 Å². The topological polar surface area (TPSA) is 96.7 Å². The molecule has 1 fully saturated rings. The number of rotatable bonds is 3. The van der Waals surface area contributed by atoms with Gasteiger partial charge in [-0.05, 0) is 18.2 Å². The Hall–Kier alpha value is -2.29. The summed E-state index contributed by atoms with van der Waals surface area (Å²) in [5.41, 5.74) is 0.615. The van der Waals surface area contributed by atoms with Crippen LogP contribution in [0.3, 0.4) is 0 Å².